The molecule has 2 aromatic carbocycles. The molecule has 5 nitrogen and oxygen atoms in total. The molecule has 1 N–H and O–H groups in total. The Morgan fingerprint density at radius 1 is 1.13 bits per heavy atom. The lowest BCUT2D eigenvalue weighted by Gasteiger charge is -2.39. The van der Waals surface area contributed by atoms with Crippen LogP contribution in [0.25, 0.3) is 0 Å². The van der Waals surface area contributed by atoms with Crippen molar-refractivity contribution in [3.63, 3.8) is 0 Å². The number of nitrogens with one attached hydrogen (secondary N) is 1. The van der Waals surface area contributed by atoms with Gasteiger partial charge in [-0.2, -0.15) is 0 Å². The third kappa shape index (κ3) is 5.97. The first-order valence-corrected chi connectivity index (χ1v) is 10.3. The minimum atomic E-state index is 0. The van der Waals surface area contributed by atoms with E-state index < -0.39 is 0 Å². The summed E-state index contributed by atoms with van der Waals surface area (Å²) in [7, 11) is 5.38. The van der Waals surface area contributed by atoms with Crippen molar-refractivity contribution in [1.29, 1.82) is 0 Å². The summed E-state index contributed by atoms with van der Waals surface area (Å²) in [5.74, 6) is 2.14. The Bertz CT molecular complexity index is 836. The number of nitrogens with zero attached hydrogens (tertiary/aromatic N) is 3. The molecule has 1 amide bonds. The normalized spacial score (nSPS) is 19.1. The van der Waals surface area contributed by atoms with Crippen LogP contribution in [0.2, 0.25) is 0 Å². The van der Waals surface area contributed by atoms with E-state index >= 15 is 0 Å². The summed E-state index contributed by atoms with van der Waals surface area (Å²) in [5, 5.41) is 3.48. The number of halogens is 1. The van der Waals surface area contributed by atoms with E-state index in [0.717, 1.165) is 31.0 Å². The standard InChI is InChI=1S/C24H32N4O.HI/c1-18-17-28(15-14-22(18)20-8-6-5-7-9-20)24(25-2)26-16-19-10-12-21(13-11-19)23(29)27(3)4;/h5-13,18,22H,14-17H2,1-4H3,(H,25,26);1H. The monoisotopic (exact) mass is 520 g/mol. The Kier molecular flexibility index (Phi) is 9.14. The molecule has 0 aliphatic carbocycles. The molecule has 2 aromatic rings. The minimum absolute atomic E-state index is 0. The number of carbonyl (C=O) groups excluding carboxylic acids is 1. The zero-order valence-corrected chi connectivity index (χ0v) is 20.7. The molecule has 2 unspecified atom stereocenters. The van der Waals surface area contributed by atoms with Gasteiger partial charge in [0, 0.05) is 46.3 Å². The largest absolute Gasteiger partial charge is 0.352 e. The third-order valence-electron chi connectivity index (χ3n) is 5.70. The number of aliphatic imine (C=N–C) groups is 1. The van der Waals surface area contributed by atoms with E-state index in [1.54, 1.807) is 19.0 Å². The summed E-state index contributed by atoms with van der Waals surface area (Å²) in [6, 6.07) is 18.6. The lowest BCUT2D eigenvalue weighted by molar-refractivity contribution is 0.0827. The van der Waals surface area contributed by atoms with Gasteiger partial charge < -0.3 is 15.1 Å². The number of piperidine rings is 1. The molecule has 1 aliphatic heterocycles. The number of benzene rings is 2. The van der Waals surface area contributed by atoms with E-state index in [9.17, 15) is 4.79 Å². The highest BCUT2D eigenvalue weighted by molar-refractivity contribution is 14.0. The van der Waals surface area contributed by atoms with Crippen LogP contribution in [0.3, 0.4) is 0 Å². The molecule has 1 saturated heterocycles. The number of hydrogen-bond donors (Lipinski definition) is 1. The van der Waals surface area contributed by atoms with Gasteiger partial charge in [-0.15, -0.1) is 24.0 Å². The van der Waals surface area contributed by atoms with Crippen LogP contribution in [-0.4, -0.2) is 55.9 Å². The van der Waals surface area contributed by atoms with E-state index in [0.29, 0.717) is 23.9 Å². The molecule has 3 rings (SSSR count). The summed E-state index contributed by atoms with van der Waals surface area (Å²) < 4.78 is 0. The van der Waals surface area contributed by atoms with E-state index in [1.165, 1.54) is 5.56 Å². The molecule has 2 atom stereocenters. The fraction of sp³-hybridized carbons (Fsp3) is 0.417. The third-order valence-corrected chi connectivity index (χ3v) is 5.70. The number of carbonyl (C=O) groups is 1. The fourth-order valence-corrected chi connectivity index (χ4v) is 4.07. The summed E-state index contributed by atoms with van der Waals surface area (Å²) in [6.45, 7) is 5.02. The number of amides is 1. The highest BCUT2D eigenvalue weighted by Gasteiger charge is 2.28. The Morgan fingerprint density at radius 2 is 1.80 bits per heavy atom. The first kappa shape index (κ1) is 24.2. The van der Waals surface area contributed by atoms with Crippen molar-refractivity contribution >= 4 is 35.8 Å². The van der Waals surface area contributed by atoms with Crippen molar-refractivity contribution in [3.05, 3.63) is 71.3 Å². The van der Waals surface area contributed by atoms with Gasteiger partial charge in [0.05, 0.1) is 0 Å². The van der Waals surface area contributed by atoms with E-state index in [-0.39, 0.29) is 29.9 Å². The molecule has 0 spiro atoms. The van der Waals surface area contributed by atoms with Crippen molar-refractivity contribution in [1.82, 2.24) is 15.1 Å². The highest BCUT2D eigenvalue weighted by Crippen LogP contribution is 2.32. The van der Waals surface area contributed by atoms with Gasteiger partial charge in [0.1, 0.15) is 0 Å². The van der Waals surface area contributed by atoms with Gasteiger partial charge in [-0.25, -0.2) is 0 Å². The highest BCUT2D eigenvalue weighted by atomic mass is 127. The summed E-state index contributed by atoms with van der Waals surface area (Å²) in [6.07, 6.45) is 1.13. The Balaban J connectivity index is 0.00000320. The maximum Gasteiger partial charge on any atom is 0.253 e. The van der Waals surface area contributed by atoms with E-state index in [1.807, 2.05) is 31.3 Å². The van der Waals surface area contributed by atoms with E-state index in [2.05, 4.69) is 52.5 Å². The average molecular weight is 520 g/mol. The van der Waals surface area contributed by atoms with Crippen LogP contribution >= 0.6 is 24.0 Å². The molecule has 1 aliphatic rings. The molecule has 162 valence electrons. The zero-order chi connectivity index (χ0) is 20.8. The van der Waals surface area contributed by atoms with Gasteiger partial charge in [0.2, 0.25) is 0 Å². The van der Waals surface area contributed by atoms with Gasteiger partial charge in [0.15, 0.2) is 5.96 Å². The first-order chi connectivity index (χ1) is 14.0. The van der Waals surface area contributed by atoms with Crippen molar-refractivity contribution < 1.29 is 4.79 Å². The number of rotatable bonds is 4. The van der Waals surface area contributed by atoms with Gasteiger partial charge in [-0.3, -0.25) is 9.79 Å². The second-order valence-corrected chi connectivity index (χ2v) is 8.03. The molecule has 30 heavy (non-hydrogen) atoms. The molecule has 6 heteroatoms. The second kappa shape index (κ2) is 11.3. The van der Waals surface area contributed by atoms with Crippen LogP contribution in [0, 0.1) is 5.92 Å². The van der Waals surface area contributed by atoms with Gasteiger partial charge in [-0.05, 0) is 41.5 Å². The number of hydrogen-bond acceptors (Lipinski definition) is 2. The topological polar surface area (TPSA) is 47.9 Å². The lowest BCUT2D eigenvalue weighted by Crippen LogP contribution is -2.47. The Hall–Kier alpha value is -2.09. The van der Waals surface area contributed by atoms with Crippen molar-refractivity contribution in [3.8, 4) is 0 Å². The number of likely N-dealkylation sites (tertiary alicyclic amines) is 1. The Labute approximate surface area is 197 Å². The molecular weight excluding hydrogens is 487 g/mol. The molecule has 0 radical (unpaired) electrons. The molecule has 1 heterocycles. The van der Waals surface area contributed by atoms with Gasteiger partial charge in [-0.1, -0.05) is 49.4 Å². The van der Waals surface area contributed by atoms with Crippen LogP contribution in [0.1, 0.15) is 40.7 Å². The van der Waals surface area contributed by atoms with Crippen LogP contribution in [0.4, 0.5) is 0 Å². The predicted octanol–water partition coefficient (Wildman–Crippen LogP) is 4.21. The summed E-state index contributed by atoms with van der Waals surface area (Å²) in [4.78, 5) is 20.5. The molecule has 0 aromatic heterocycles. The van der Waals surface area contributed by atoms with Gasteiger partial charge in [0.25, 0.3) is 5.91 Å². The summed E-state index contributed by atoms with van der Waals surface area (Å²) >= 11 is 0. The SMILES string of the molecule is CN=C(NCc1ccc(C(=O)N(C)C)cc1)N1CCC(c2ccccc2)C(C)C1.I. The smallest absolute Gasteiger partial charge is 0.253 e. The Morgan fingerprint density at radius 3 is 2.37 bits per heavy atom. The lowest BCUT2D eigenvalue weighted by atomic mass is 9.82. The fourth-order valence-electron chi connectivity index (χ4n) is 4.07. The first-order valence-electron chi connectivity index (χ1n) is 10.3. The molecular formula is C24H33IN4O. The number of guanidine groups is 1. The molecule has 1 fully saturated rings. The second-order valence-electron chi connectivity index (χ2n) is 8.03. The molecule has 0 bridgehead atoms. The van der Waals surface area contributed by atoms with Crippen LogP contribution in [0.15, 0.2) is 59.6 Å². The maximum absolute atomic E-state index is 12.0. The quantitative estimate of drug-likeness (QED) is 0.374. The predicted molar refractivity (Wildman–Crippen MR) is 135 cm³/mol. The molecule has 0 saturated carbocycles. The van der Waals surface area contributed by atoms with Gasteiger partial charge >= 0.3 is 0 Å². The van der Waals surface area contributed by atoms with Crippen LogP contribution in [0.5, 0.6) is 0 Å². The van der Waals surface area contributed by atoms with E-state index in [4.69, 9.17) is 0 Å². The van der Waals surface area contributed by atoms with Crippen LogP contribution in [-0.2, 0) is 6.54 Å². The average Bonchev–Trinajstić information content (AvgIpc) is 2.74. The van der Waals surface area contributed by atoms with Crippen molar-refractivity contribution in [2.75, 3.05) is 34.2 Å². The van der Waals surface area contributed by atoms with Crippen molar-refractivity contribution in [2.45, 2.75) is 25.8 Å². The summed E-state index contributed by atoms with van der Waals surface area (Å²) in [5.41, 5.74) is 3.28. The zero-order valence-electron chi connectivity index (χ0n) is 18.3. The van der Waals surface area contributed by atoms with Crippen molar-refractivity contribution in [2.24, 2.45) is 10.9 Å². The van der Waals surface area contributed by atoms with Crippen LogP contribution < -0.4 is 5.32 Å². The maximum atomic E-state index is 12.0. The minimum Gasteiger partial charge on any atom is -0.352 e.